The number of aliphatic imine (C=N–C) groups is 1. The van der Waals surface area contributed by atoms with Gasteiger partial charge in [-0.1, -0.05) is 19.3 Å². The highest BCUT2D eigenvalue weighted by molar-refractivity contribution is 14.0. The smallest absolute Gasteiger partial charge is 0.210 e. The van der Waals surface area contributed by atoms with E-state index in [0.717, 1.165) is 12.8 Å². The second-order valence-electron chi connectivity index (χ2n) is 4.11. The largest absolute Gasteiger partial charge is 0.370 e. The molecule has 0 aromatic carbocycles. The van der Waals surface area contributed by atoms with Gasteiger partial charge in [-0.25, -0.2) is 13.6 Å². The fraction of sp³-hybridized carbons (Fsp3) is 0.889. The van der Waals surface area contributed by atoms with Crippen LogP contribution in [0.2, 0.25) is 0 Å². The second kappa shape index (κ2) is 8.09. The Kier molecular flexibility index (Phi) is 8.05. The Morgan fingerprint density at radius 1 is 1.29 bits per heavy atom. The Hall–Kier alpha value is -0.0900. The Balaban J connectivity index is 0.00000256. The fourth-order valence-electron chi connectivity index (χ4n) is 1.80. The van der Waals surface area contributed by atoms with E-state index in [1.165, 1.54) is 19.3 Å². The van der Waals surface area contributed by atoms with Crippen LogP contribution in [0.25, 0.3) is 0 Å². The predicted octanol–water partition coefficient (Wildman–Crippen LogP) is 0.130. The first kappa shape index (κ1) is 16.9. The molecule has 6 nitrogen and oxygen atoms in total. The molecule has 1 aliphatic carbocycles. The maximum absolute atomic E-state index is 10.7. The number of hydrogen-bond acceptors (Lipinski definition) is 3. The third-order valence-electron chi connectivity index (χ3n) is 2.62. The quantitative estimate of drug-likeness (QED) is 0.368. The molecule has 0 aliphatic heterocycles. The highest BCUT2D eigenvalue weighted by Gasteiger charge is 2.13. The minimum atomic E-state index is -3.44. The SMILES string of the molecule is I.NC(=NCCS(N)(=O)=O)NC1CCCCC1. The monoisotopic (exact) mass is 376 g/mol. The third-order valence-corrected chi connectivity index (χ3v) is 3.37. The van der Waals surface area contributed by atoms with Crippen LogP contribution in [-0.4, -0.2) is 32.7 Å². The van der Waals surface area contributed by atoms with Gasteiger partial charge < -0.3 is 11.1 Å². The summed E-state index contributed by atoms with van der Waals surface area (Å²) >= 11 is 0. The number of halogens is 1. The summed E-state index contributed by atoms with van der Waals surface area (Å²) in [5.74, 6) is 0.149. The molecule has 102 valence electrons. The number of hydrogen-bond donors (Lipinski definition) is 3. The van der Waals surface area contributed by atoms with Crippen LogP contribution >= 0.6 is 24.0 Å². The lowest BCUT2D eigenvalue weighted by Crippen LogP contribution is -2.41. The van der Waals surface area contributed by atoms with E-state index in [-0.39, 0.29) is 36.3 Å². The van der Waals surface area contributed by atoms with Crippen molar-refractivity contribution in [2.24, 2.45) is 15.9 Å². The van der Waals surface area contributed by atoms with E-state index in [9.17, 15) is 8.42 Å². The van der Waals surface area contributed by atoms with Crippen LogP contribution in [0.4, 0.5) is 0 Å². The molecule has 17 heavy (non-hydrogen) atoms. The lowest BCUT2D eigenvalue weighted by atomic mass is 9.96. The van der Waals surface area contributed by atoms with Crippen molar-refractivity contribution in [1.82, 2.24) is 5.32 Å². The molecule has 0 amide bonds. The molecule has 1 fully saturated rings. The Bertz CT molecular complexity index is 339. The Morgan fingerprint density at radius 2 is 1.88 bits per heavy atom. The zero-order chi connectivity index (χ0) is 12.0. The normalized spacial score (nSPS) is 18.5. The molecular formula is C9H21IN4O2S. The number of nitrogens with zero attached hydrogens (tertiary/aromatic N) is 1. The second-order valence-corrected chi connectivity index (χ2v) is 5.85. The van der Waals surface area contributed by atoms with Crippen LogP contribution < -0.4 is 16.2 Å². The molecule has 1 rings (SSSR count). The summed E-state index contributed by atoms with van der Waals surface area (Å²) in [6.45, 7) is 0.115. The van der Waals surface area contributed by atoms with Crippen LogP contribution in [-0.2, 0) is 10.0 Å². The van der Waals surface area contributed by atoms with Gasteiger partial charge in [-0.3, -0.25) is 4.99 Å². The molecule has 0 atom stereocenters. The topological polar surface area (TPSA) is 111 Å². The van der Waals surface area contributed by atoms with E-state index in [1.54, 1.807) is 0 Å². The molecule has 0 bridgehead atoms. The maximum atomic E-state index is 10.7. The molecule has 0 aromatic heterocycles. The summed E-state index contributed by atoms with van der Waals surface area (Å²) in [4.78, 5) is 3.93. The molecule has 0 spiro atoms. The number of sulfonamides is 1. The molecule has 0 radical (unpaired) electrons. The molecule has 1 aliphatic rings. The Labute approximate surface area is 120 Å². The van der Waals surface area contributed by atoms with Gasteiger partial charge in [0.2, 0.25) is 10.0 Å². The molecule has 0 saturated heterocycles. The zero-order valence-electron chi connectivity index (χ0n) is 9.76. The number of nitrogens with two attached hydrogens (primary N) is 2. The van der Waals surface area contributed by atoms with Gasteiger partial charge in [-0.15, -0.1) is 24.0 Å². The first-order valence-corrected chi connectivity index (χ1v) is 7.26. The number of primary sulfonamides is 1. The van der Waals surface area contributed by atoms with Crippen molar-refractivity contribution < 1.29 is 8.42 Å². The Morgan fingerprint density at radius 3 is 2.41 bits per heavy atom. The summed E-state index contributed by atoms with van der Waals surface area (Å²) in [6, 6.07) is 0.381. The summed E-state index contributed by atoms with van der Waals surface area (Å²) in [5, 5.41) is 7.94. The zero-order valence-corrected chi connectivity index (χ0v) is 12.9. The standard InChI is InChI=1S/C9H20N4O2S.HI/c10-9(12-6-7-16(11,14)15)13-8-4-2-1-3-5-8;/h8H,1-7H2,(H3,10,12,13)(H2,11,14,15);1H. The number of rotatable bonds is 4. The summed E-state index contributed by atoms with van der Waals surface area (Å²) < 4.78 is 21.3. The number of nitrogens with one attached hydrogen (secondary N) is 1. The van der Waals surface area contributed by atoms with Crippen molar-refractivity contribution in [3.63, 3.8) is 0 Å². The van der Waals surface area contributed by atoms with Crippen molar-refractivity contribution in [2.45, 2.75) is 38.1 Å². The molecule has 1 saturated carbocycles. The maximum Gasteiger partial charge on any atom is 0.210 e. The van der Waals surface area contributed by atoms with Crippen LogP contribution in [0.3, 0.4) is 0 Å². The first-order chi connectivity index (χ1) is 7.47. The van der Waals surface area contributed by atoms with Gasteiger partial charge in [0.15, 0.2) is 5.96 Å². The van der Waals surface area contributed by atoms with Crippen LogP contribution in [0.15, 0.2) is 4.99 Å². The highest BCUT2D eigenvalue weighted by Crippen LogP contribution is 2.16. The van der Waals surface area contributed by atoms with Gasteiger partial charge in [-0.2, -0.15) is 0 Å². The fourth-order valence-corrected chi connectivity index (χ4v) is 2.14. The lowest BCUT2D eigenvalue weighted by Gasteiger charge is -2.23. The van der Waals surface area contributed by atoms with Crippen LogP contribution in [0, 0.1) is 0 Å². The van der Waals surface area contributed by atoms with Gasteiger partial charge in [0.05, 0.1) is 12.3 Å². The molecule has 0 heterocycles. The van der Waals surface area contributed by atoms with E-state index in [4.69, 9.17) is 10.9 Å². The van der Waals surface area contributed by atoms with Crippen molar-refractivity contribution in [3.05, 3.63) is 0 Å². The van der Waals surface area contributed by atoms with Crippen LogP contribution in [0.1, 0.15) is 32.1 Å². The van der Waals surface area contributed by atoms with E-state index >= 15 is 0 Å². The predicted molar refractivity (Wildman–Crippen MR) is 79.9 cm³/mol. The molecule has 8 heteroatoms. The van der Waals surface area contributed by atoms with Gasteiger partial charge in [0.1, 0.15) is 0 Å². The average Bonchev–Trinajstić information content (AvgIpc) is 2.17. The van der Waals surface area contributed by atoms with Gasteiger partial charge in [0, 0.05) is 6.04 Å². The highest BCUT2D eigenvalue weighted by atomic mass is 127. The summed E-state index contributed by atoms with van der Waals surface area (Å²) in [5.41, 5.74) is 5.64. The lowest BCUT2D eigenvalue weighted by molar-refractivity contribution is 0.412. The molecule has 5 N–H and O–H groups in total. The van der Waals surface area contributed by atoms with E-state index in [0.29, 0.717) is 12.0 Å². The van der Waals surface area contributed by atoms with Gasteiger partial charge in [-0.05, 0) is 12.8 Å². The van der Waals surface area contributed by atoms with E-state index in [2.05, 4.69) is 10.3 Å². The van der Waals surface area contributed by atoms with Crippen molar-refractivity contribution in [3.8, 4) is 0 Å². The first-order valence-electron chi connectivity index (χ1n) is 5.54. The van der Waals surface area contributed by atoms with Crippen LogP contribution in [0.5, 0.6) is 0 Å². The van der Waals surface area contributed by atoms with Gasteiger partial charge >= 0.3 is 0 Å². The molecule has 0 unspecified atom stereocenters. The number of guanidine groups is 1. The minimum Gasteiger partial charge on any atom is -0.370 e. The van der Waals surface area contributed by atoms with Crippen molar-refractivity contribution >= 4 is 40.0 Å². The molecule has 0 aromatic rings. The summed E-state index contributed by atoms with van der Waals surface area (Å²) in [6.07, 6.45) is 5.90. The van der Waals surface area contributed by atoms with E-state index in [1.807, 2.05) is 0 Å². The minimum absolute atomic E-state index is 0. The third kappa shape index (κ3) is 8.61. The van der Waals surface area contributed by atoms with Crippen molar-refractivity contribution in [2.75, 3.05) is 12.3 Å². The van der Waals surface area contributed by atoms with Crippen molar-refractivity contribution in [1.29, 1.82) is 0 Å². The molecular weight excluding hydrogens is 355 g/mol. The average molecular weight is 376 g/mol. The summed E-state index contributed by atoms with van der Waals surface area (Å²) in [7, 11) is -3.44. The van der Waals surface area contributed by atoms with E-state index < -0.39 is 10.0 Å². The van der Waals surface area contributed by atoms with Gasteiger partial charge in [0.25, 0.3) is 0 Å².